The Morgan fingerprint density at radius 3 is 2.20 bits per heavy atom. The molecule has 0 unspecified atom stereocenters. The first-order chi connectivity index (χ1) is 17.0. The Balaban J connectivity index is 1.55. The molecule has 0 radical (unpaired) electrons. The van der Waals surface area contributed by atoms with Crippen LogP contribution in [-0.4, -0.2) is 44.4 Å². The largest absolute Gasteiger partial charge is 0.495 e. The van der Waals surface area contributed by atoms with Gasteiger partial charge in [-0.3, -0.25) is 10.1 Å². The molecule has 0 bridgehead atoms. The molecule has 1 heterocycles. The van der Waals surface area contributed by atoms with Crippen molar-refractivity contribution in [2.45, 2.75) is 0 Å². The molecule has 4 aromatic rings. The van der Waals surface area contributed by atoms with Gasteiger partial charge in [-0.05, 0) is 54.7 Å². The van der Waals surface area contributed by atoms with Crippen LogP contribution < -0.4 is 29.6 Å². The number of methoxy groups -OCH3 is 4. The molecule has 0 saturated heterocycles. The molecule has 1 amide bonds. The maximum absolute atomic E-state index is 12.9. The van der Waals surface area contributed by atoms with Gasteiger partial charge in [0, 0.05) is 11.1 Å². The van der Waals surface area contributed by atoms with Crippen LogP contribution in [0, 0.1) is 0 Å². The lowest BCUT2D eigenvalue weighted by Crippen LogP contribution is -2.34. The quantitative estimate of drug-likeness (QED) is 0.332. The molecule has 35 heavy (non-hydrogen) atoms. The Morgan fingerprint density at radius 1 is 0.886 bits per heavy atom. The van der Waals surface area contributed by atoms with Crippen molar-refractivity contribution in [1.29, 1.82) is 0 Å². The van der Waals surface area contributed by atoms with Crippen LogP contribution in [0.25, 0.3) is 20.8 Å². The number of amides is 1. The average Bonchev–Trinajstić information content (AvgIpc) is 3.32. The summed E-state index contributed by atoms with van der Waals surface area (Å²) in [7, 11) is 6.02. The number of aromatic nitrogens is 1. The predicted octanol–water partition coefficient (Wildman–Crippen LogP) is 5.12. The average molecular weight is 510 g/mol. The van der Waals surface area contributed by atoms with Gasteiger partial charge in [0.2, 0.25) is 5.75 Å². The molecule has 180 valence electrons. The molecule has 0 saturated carbocycles. The van der Waals surface area contributed by atoms with Gasteiger partial charge in [0.25, 0.3) is 5.91 Å². The van der Waals surface area contributed by atoms with Gasteiger partial charge in [-0.1, -0.05) is 12.1 Å². The fourth-order valence-corrected chi connectivity index (χ4v) is 4.64. The normalized spacial score (nSPS) is 10.5. The SMILES string of the molecule is COc1ccc(-c2nc3ccccc3s2)cc1NC(=S)NC(=O)c1cc(OC)c(OC)c(OC)c1. The number of nitrogens with zero attached hydrogens (tertiary/aromatic N) is 1. The molecule has 0 aliphatic heterocycles. The lowest BCUT2D eigenvalue weighted by atomic mass is 10.1. The van der Waals surface area contributed by atoms with Gasteiger partial charge in [-0.15, -0.1) is 11.3 Å². The van der Waals surface area contributed by atoms with E-state index in [1.807, 2.05) is 42.5 Å². The second-order valence-corrected chi connectivity index (χ2v) is 8.66. The number of thiazole rings is 1. The van der Waals surface area contributed by atoms with Crippen LogP contribution in [0.1, 0.15) is 10.4 Å². The first-order valence-corrected chi connectivity index (χ1v) is 11.7. The van der Waals surface area contributed by atoms with Gasteiger partial charge in [-0.2, -0.15) is 0 Å². The van der Waals surface area contributed by atoms with E-state index in [0.717, 1.165) is 20.8 Å². The summed E-state index contributed by atoms with van der Waals surface area (Å²) in [6.07, 6.45) is 0. The molecule has 0 aliphatic carbocycles. The molecule has 3 aromatic carbocycles. The number of thiocarbonyl (C=S) groups is 1. The summed E-state index contributed by atoms with van der Waals surface area (Å²) in [5.74, 6) is 1.24. The standard InChI is InChI=1S/C25H23N3O5S2/c1-30-18-10-9-14(24-26-16-7-5-6-8-21(16)35-24)11-17(18)27-25(34)28-23(29)15-12-19(31-2)22(33-4)20(13-15)32-3/h5-13H,1-4H3,(H2,27,28,29,34). The third-order valence-electron chi connectivity index (χ3n) is 5.14. The molecule has 2 N–H and O–H groups in total. The van der Waals surface area contributed by atoms with E-state index >= 15 is 0 Å². The zero-order valence-corrected chi connectivity index (χ0v) is 21.1. The van der Waals surface area contributed by atoms with Gasteiger partial charge in [-0.25, -0.2) is 4.98 Å². The third kappa shape index (κ3) is 5.13. The molecular formula is C25H23N3O5S2. The Kier molecular flexibility index (Phi) is 7.33. The van der Waals surface area contributed by atoms with Crippen molar-refractivity contribution in [3.63, 3.8) is 0 Å². The minimum atomic E-state index is -0.442. The maximum atomic E-state index is 12.9. The Morgan fingerprint density at radius 2 is 1.57 bits per heavy atom. The number of benzene rings is 3. The number of anilines is 1. The fourth-order valence-electron chi connectivity index (χ4n) is 3.48. The van der Waals surface area contributed by atoms with Gasteiger partial charge < -0.3 is 24.3 Å². The minimum Gasteiger partial charge on any atom is -0.495 e. The number of rotatable bonds is 7. The first-order valence-electron chi connectivity index (χ1n) is 10.4. The van der Waals surface area contributed by atoms with E-state index in [1.165, 1.54) is 21.3 Å². The summed E-state index contributed by atoms with van der Waals surface area (Å²) in [6, 6.07) is 16.7. The molecule has 0 fully saturated rings. The highest BCUT2D eigenvalue weighted by molar-refractivity contribution is 7.80. The number of para-hydroxylation sites is 1. The van der Waals surface area contributed by atoms with E-state index in [4.69, 9.17) is 36.1 Å². The highest BCUT2D eigenvalue weighted by Crippen LogP contribution is 2.38. The van der Waals surface area contributed by atoms with E-state index < -0.39 is 5.91 Å². The van der Waals surface area contributed by atoms with Gasteiger partial charge in [0.05, 0.1) is 44.3 Å². The number of fused-ring (bicyclic) bond motifs is 1. The first kappa shape index (κ1) is 24.2. The monoisotopic (exact) mass is 509 g/mol. The smallest absolute Gasteiger partial charge is 0.257 e. The van der Waals surface area contributed by atoms with E-state index in [1.54, 1.807) is 30.6 Å². The Hall–Kier alpha value is -3.89. The van der Waals surface area contributed by atoms with Crippen molar-refractivity contribution < 1.29 is 23.7 Å². The topological polar surface area (TPSA) is 90.9 Å². The van der Waals surface area contributed by atoms with Crippen LogP contribution in [0.15, 0.2) is 54.6 Å². The Bertz CT molecular complexity index is 1350. The highest BCUT2D eigenvalue weighted by atomic mass is 32.1. The van der Waals surface area contributed by atoms with Crippen molar-refractivity contribution in [2.24, 2.45) is 0 Å². The van der Waals surface area contributed by atoms with Gasteiger partial charge in [0.1, 0.15) is 10.8 Å². The Labute approximate surface area is 211 Å². The summed E-state index contributed by atoms with van der Waals surface area (Å²) >= 11 is 7.00. The molecule has 8 nitrogen and oxygen atoms in total. The molecule has 1 aromatic heterocycles. The molecule has 0 aliphatic rings. The maximum Gasteiger partial charge on any atom is 0.257 e. The van der Waals surface area contributed by atoms with E-state index in [9.17, 15) is 4.79 Å². The molecular weight excluding hydrogens is 486 g/mol. The van der Waals surface area contributed by atoms with Crippen LogP contribution in [0.3, 0.4) is 0 Å². The number of hydrogen-bond donors (Lipinski definition) is 2. The zero-order valence-electron chi connectivity index (χ0n) is 19.5. The van der Waals surface area contributed by atoms with Crippen molar-refractivity contribution in [3.05, 3.63) is 60.2 Å². The molecule has 0 spiro atoms. The fraction of sp³-hybridized carbons (Fsp3) is 0.160. The van der Waals surface area contributed by atoms with E-state index in [-0.39, 0.29) is 5.11 Å². The van der Waals surface area contributed by atoms with Crippen LogP contribution in [0.5, 0.6) is 23.0 Å². The molecule has 10 heteroatoms. The second-order valence-electron chi connectivity index (χ2n) is 7.22. The van der Waals surface area contributed by atoms with Gasteiger partial charge in [0.15, 0.2) is 16.6 Å². The number of ether oxygens (including phenoxy) is 4. The number of hydrogen-bond acceptors (Lipinski definition) is 8. The van der Waals surface area contributed by atoms with Crippen molar-refractivity contribution in [2.75, 3.05) is 33.8 Å². The lowest BCUT2D eigenvalue weighted by Gasteiger charge is -2.16. The van der Waals surface area contributed by atoms with E-state index in [2.05, 4.69) is 10.6 Å². The summed E-state index contributed by atoms with van der Waals surface area (Å²) in [5, 5.41) is 6.69. The lowest BCUT2D eigenvalue weighted by molar-refractivity contribution is 0.0977. The number of nitrogens with one attached hydrogen (secondary N) is 2. The van der Waals surface area contributed by atoms with Crippen molar-refractivity contribution in [1.82, 2.24) is 10.3 Å². The van der Waals surface area contributed by atoms with Crippen molar-refractivity contribution >= 4 is 50.5 Å². The highest BCUT2D eigenvalue weighted by Gasteiger charge is 2.18. The van der Waals surface area contributed by atoms with Gasteiger partial charge >= 0.3 is 0 Å². The van der Waals surface area contributed by atoms with Crippen LogP contribution in [-0.2, 0) is 0 Å². The van der Waals surface area contributed by atoms with Crippen LogP contribution in [0.4, 0.5) is 5.69 Å². The molecule has 0 atom stereocenters. The summed E-state index contributed by atoms with van der Waals surface area (Å²) in [5.41, 5.74) is 2.72. The summed E-state index contributed by atoms with van der Waals surface area (Å²) in [6.45, 7) is 0. The second kappa shape index (κ2) is 10.6. The summed E-state index contributed by atoms with van der Waals surface area (Å²) < 4.78 is 22.5. The number of carbonyl (C=O) groups excluding carboxylic acids is 1. The predicted molar refractivity (Wildman–Crippen MR) is 141 cm³/mol. The summed E-state index contributed by atoms with van der Waals surface area (Å²) in [4.78, 5) is 17.6. The minimum absolute atomic E-state index is 0.100. The van der Waals surface area contributed by atoms with Crippen LogP contribution in [0.2, 0.25) is 0 Å². The number of carbonyl (C=O) groups is 1. The van der Waals surface area contributed by atoms with E-state index in [0.29, 0.717) is 34.2 Å². The van der Waals surface area contributed by atoms with Crippen LogP contribution >= 0.6 is 23.6 Å². The molecule has 4 rings (SSSR count). The van der Waals surface area contributed by atoms with Crippen molar-refractivity contribution in [3.8, 4) is 33.6 Å². The third-order valence-corrected chi connectivity index (χ3v) is 6.43. The zero-order chi connectivity index (χ0) is 24.9.